The molecule has 0 aliphatic carbocycles. The predicted octanol–water partition coefficient (Wildman–Crippen LogP) is 3.34. The number of aryl methyl sites for hydroxylation is 2. The SMILES string of the molecule is COc1c(C)cnc(CNC(=O)Nc2cccc(C)c2)c1C. The van der Waals surface area contributed by atoms with E-state index in [0.717, 1.165) is 33.8 Å². The summed E-state index contributed by atoms with van der Waals surface area (Å²) in [4.78, 5) is 16.3. The zero-order chi connectivity index (χ0) is 16.1. The Morgan fingerprint density at radius 3 is 2.73 bits per heavy atom. The minimum atomic E-state index is -0.258. The van der Waals surface area contributed by atoms with Gasteiger partial charge in [0.05, 0.1) is 19.3 Å². The number of benzene rings is 1. The van der Waals surface area contributed by atoms with Gasteiger partial charge in [-0.1, -0.05) is 12.1 Å². The van der Waals surface area contributed by atoms with E-state index in [0.29, 0.717) is 6.54 Å². The summed E-state index contributed by atoms with van der Waals surface area (Å²) in [5.41, 5.74) is 4.58. The van der Waals surface area contributed by atoms with Crippen LogP contribution in [0.3, 0.4) is 0 Å². The van der Waals surface area contributed by atoms with Crippen molar-refractivity contribution in [1.29, 1.82) is 0 Å². The van der Waals surface area contributed by atoms with Crippen LogP contribution in [0.15, 0.2) is 30.5 Å². The topological polar surface area (TPSA) is 63.2 Å². The van der Waals surface area contributed by atoms with Crippen LogP contribution in [0.5, 0.6) is 5.75 Å². The number of rotatable bonds is 4. The fourth-order valence-electron chi connectivity index (χ4n) is 2.31. The van der Waals surface area contributed by atoms with Gasteiger partial charge in [-0.25, -0.2) is 4.79 Å². The molecule has 0 saturated carbocycles. The number of methoxy groups -OCH3 is 1. The fourth-order valence-corrected chi connectivity index (χ4v) is 2.31. The number of carbonyl (C=O) groups excluding carboxylic acids is 1. The monoisotopic (exact) mass is 299 g/mol. The van der Waals surface area contributed by atoms with E-state index in [2.05, 4.69) is 15.6 Å². The number of nitrogens with zero attached hydrogens (tertiary/aromatic N) is 1. The molecular weight excluding hydrogens is 278 g/mol. The molecule has 2 aromatic rings. The zero-order valence-corrected chi connectivity index (χ0v) is 13.4. The van der Waals surface area contributed by atoms with Gasteiger partial charge < -0.3 is 15.4 Å². The van der Waals surface area contributed by atoms with Crippen LogP contribution in [0.1, 0.15) is 22.4 Å². The summed E-state index contributed by atoms with van der Waals surface area (Å²) in [5.74, 6) is 0.811. The summed E-state index contributed by atoms with van der Waals surface area (Å²) in [5, 5.41) is 5.61. The standard InChI is InChI=1S/C17H21N3O2/c1-11-6-5-7-14(8-11)20-17(21)19-10-15-13(3)16(22-4)12(2)9-18-15/h5-9H,10H2,1-4H3,(H2,19,20,21). The predicted molar refractivity (Wildman–Crippen MR) is 87.3 cm³/mol. The molecule has 116 valence electrons. The van der Waals surface area contributed by atoms with Gasteiger partial charge in [-0.3, -0.25) is 4.98 Å². The average Bonchev–Trinajstić information content (AvgIpc) is 2.47. The number of hydrogen-bond acceptors (Lipinski definition) is 3. The summed E-state index contributed by atoms with van der Waals surface area (Å²) in [6.45, 7) is 6.21. The molecule has 2 rings (SSSR count). The number of aromatic nitrogens is 1. The Morgan fingerprint density at radius 1 is 1.27 bits per heavy atom. The van der Waals surface area contributed by atoms with Gasteiger partial charge in [-0.2, -0.15) is 0 Å². The molecule has 0 unspecified atom stereocenters. The van der Waals surface area contributed by atoms with Crippen molar-refractivity contribution in [2.24, 2.45) is 0 Å². The first-order valence-electron chi connectivity index (χ1n) is 7.12. The maximum absolute atomic E-state index is 11.9. The van der Waals surface area contributed by atoms with Crippen LogP contribution >= 0.6 is 0 Å². The molecule has 2 N–H and O–H groups in total. The highest BCUT2D eigenvalue weighted by atomic mass is 16.5. The lowest BCUT2D eigenvalue weighted by Crippen LogP contribution is -2.29. The van der Waals surface area contributed by atoms with Crippen LogP contribution < -0.4 is 15.4 Å². The Morgan fingerprint density at radius 2 is 2.05 bits per heavy atom. The molecule has 0 aliphatic heterocycles. The zero-order valence-electron chi connectivity index (χ0n) is 13.4. The van der Waals surface area contributed by atoms with Crippen LogP contribution in [-0.4, -0.2) is 18.1 Å². The smallest absolute Gasteiger partial charge is 0.319 e. The number of pyridine rings is 1. The van der Waals surface area contributed by atoms with Gasteiger partial charge in [0.25, 0.3) is 0 Å². The minimum absolute atomic E-state index is 0.258. The molecule has 22 heavy (non-hydrogen) atoms. The van der Waals surface area contributed by atoms with Crippen LogP contribution in [0.4, 0.5) is 10.5 Å². The Bertz CT molecular complexity index is 684. The second-order valence-electron chi connectivity index (χ2n) is 5.22. The van der Waals surface area contributed by atoms with Crippen LogP contribution in [0.25, 0.3) is 0 Å². The lowest BCUT2D eigenvalue weighted by Gasteiger charge is -2.13. The van der Waals surface area contributed by atoms with E-state index in [4.69, 9.17) is 4.74 Å². The third kappa shape index (κ3) is 3.75. The minimum Gasteiger partial charge on any atom is -0.496 e. The lowest BCUT2D eigenvalue weighted by atomic mass is 10.1. The third-order valence-electron chi connectivity index (χ3n) is 3.44. The summed E-state index contributed by atoms with van der Waals surface area (Å²) in [6.07, 6.45) is 1.75. The number of hydrogen-bond donors (Lipinski definition) is 2. The molecule has 0 fully saturated rings. The molecule has 2 amide bonds. The summed E-state index contributed by atoms with van der Waals surface area (Å²) >= 11 is 0. The molecule has 1 aromatic carbocycles. The van der Waals surface area contributed by atoms with Gasteiger partial charge in [0.2, 0.25) is 0 Å². The molecule has 0 radical (unpaired) electrons. The summed E-state index contributed by atoms with van der Waals surface area (Å²) in [7, 11) is 1.64. The molecule has 5 heteroatoms. The number of anilines is 1. The molecule has 0 spiro atoms. The molecule has 0 saturated heterocycles. The van der Waals surface area contributed by atoms with Crippen LogP contribution in [0, 0.1) is 20.8 Å². The molecule has 0 bridgehead atoms. The van der Waals surface area contributed by atoms with Gasteiger partial charge in [0, 0.05) is 23.0 Å². The van der Waals surface area contributed by atoms with Crippen molar-refractivity contribution < 1.29 is 9.53 Å². The Labute approximate surface area is 130 Å². The van der Waals surface area contributed by atoms with Gasteiger partial charge >= 0.3 is 6.03 Å². The fraction of sp³-hybridized carbons (Fsp3) is 0.294. The highest BCUT2D eigenvalue weighted by molar-refractivity contribution is 5.89. The largest absolute Gasteiger partial charge is 0.496 e. The molecule has 0 atom stereocenters. The van der Waals surface area contributed by atoms with Crippen molar-refractivity contribution in [3.8, 4) is 5.75 Å². The van der Waals surface area contributed by atoms with Crippen molar-refractivity contribution in [3.05, 3.63) is 52.8 Å². The summed E-state index contributed by atoms with van der Waals surface area (Å²) in [6, 6.07) is 7.39. The number of nitrogens with one attached hydrogen (secondary N) is 2. The van der Waals surface area contributed by atoms with Crippen LogP contribution in [0.2, 0.25) is 0 Å². The van der Waals surface area contributed by atoms with Crippen molar-refractivity contribution in [2.45, 2.75) is 27.3 Å². The number of carbonyl (C=O) groups is 1. The van der Waals surface area contributed by atoms with Gasteiger partial charge in [-0.05, 0) is 38.5 Å². The number of ether oxygens (including phenoxy) is 1. The lowest BCUT2D eigenvalue weighted by molar-refractivity contribution is 0.251. The van der Waals surface area contributed by atoms with E-state index in [-0.39, 0.29) is 6.03 Å². The molecule has 1 aromatic heterocycles. The Balaban J connectivity index is 2.00. The average molecular weight is 299 g/mol. The molecule has 0 aliphatic rings. The van der Waals surface area contributed by atoms with E-state index in [1.165, 1.54) is 0 Å². The Hall–Kier alpha value is -2.56. The number of urea groups is 1. The second-order valence-corrected chi connectivity index (χ2v) is 5.22. The third-order valence-corrected chi connectivity index (χ3v) is 3.44. The maximum Gasteiger partial charge on any atom is 0.319 e. The van der Waals surface area contributed by atoms with E-state index in [1.807, 2.05) is 45.0 Å². The van der Waals surface area contributed by atoms with Gasteiger partial charge in [0.15, 0.2) is 0 Å². The Kier molecular flexibility index (Phi) is 4.99. The molecule has 1 heterocycles. The van der Waals surface area contributed by atoms with E-state index >= 15 is 0 Å². The quantitative estimate of drug-likeness (QED) is 0.910. The van der Waals surface area contributed by atoms with Crippen LogP contribution in [-0.2, 0) is 6.54 Å². The van der Waals surface area contributed by atoms with E-state index < -0.39 is 0 Å². The van der Waals surface area contributed by atoms with Crippen molar-refractivity contribution in [1.82, 2.24) is 10.3 Å². The van der Waals surface area contributed by atoms with E-state index in [9.17, 15) is 4.79 Å². The molecule has 5 nitrogen and oxygen atoms in total. The second kappa shape index (κ2) is 6.93. The maximum atomic E-state index is 11.9. The first-order valence-corrected chi connectivity index (χ1v) is 7.12. The van der Waals surface area contributed by atoms with E-state index in [1.54, 1.807) is 13.3 Å². The van der Waals surface area contributed by atoms with Gasteiger partial charge in [0.1, 0.15) is 5.75 Å². The highest BCUT2D eigenvalue weighted by Crippen LogP contribution is 2.23. The van der Waals surface area contributed by atoms with Gasteiger partial charge in [-0.15, -0.1) is 0 Å². The van der Waals surface area contributed by atoms with Crippen molar-refractivity contribution in [3.63, 3.8) is 0 Å². The number of amides is 2. The first-order chi connectivity index (χ1) is 10.5. The van der Waals surface area contributed by atoms with Crippen molar-refractivity contribution >= 4 is 11.7 Å². The summed E-state index contributed by atoms with van der Waals surface area (Å²) < 4.78 is 5.36. The first kappa shape index (κ1) is 15.8. The van der Waals surface area contributed by atoms with Crippen molar-refractivity contribution in [2.75, 3.05) is 12.4 Å². The normalized spacial score (nSPS) is 10.2. The molecular formula is C17H21N3O2. The highest BCUT2D eigenvalue weighted by Gasteiger charge is 2.10.